The predicted molar refractivity (Wildman–Crippen MR) is 186 cm³/mol. The Labute approximate surface area is 260 Å². The first-order valence-electron chi connectivity index (χ1n) is 15.1. The lowest BCUT2D eigenvalue weighted by Gasteiger charge is -2.12. The van der Waals surface area contributed by atoms with Crippen LogP contribution in [-0.2, 0) is 0 Å². The van der Waals surface area contributed by atoms with Crippen LogP contribution in [0.1, 0.15) is 5.82 Å². The molecule has 2 aromatic heterocycles. The minimum Gasteiger partial charge on any atom is -0.294 e. The van der Waals surface area contributed by atoms with Crippen molar-refractivity contribution in [3.05, 3.63) is 169 Å². The number of hydrogen-bond acceptors (Lipinski definition) is 2. The van der Waals surface area contributed by atoms with Crippen LogP contribution in [-0.4, -0.2) is 14.5 Å². The van der Waals surface area contributed by atoms with E-state index in [1.807, 2.05) is 30.4 Å². The zero-order chi connectivity index (χ0) is 29.7. The van der Waals surface area contributed by atoms with Gasteiger partial charge in [0.1, 0.15) is 5.65 Å². The van der Waals surface area contributed by atoms with Crippen molar-refractivity contribution >= 4 is 49.1 Å². The Kier molecular flexibility index (Phi) is 5.72. The van der Waals surface area contributed by atoms with E-state index in [0.717, 1.165) is 50.0 Å². The number of allylic oxidation sites excluding steroid dienone is 4. The molecule has 208 valence electrons. The van der Waals surface area contributed by atoms with Gasteiger partial charge in [0.25, 0.3) is 0 Å². The van der Waals surface area contributed by atoms with Crippen molar-refractivity contribution < 1.29 is 0 Å². The van der Waals surface area contributed by atoms with Crippen molar-refractivity contribution in [1.82, 2.24) is 14.5 Å². The number of nitrogens with zero attached hydrogens (tertiary/aromatic N) is 3. The Morgan fingerprint density at radius 3 is 2.11 bits per heavy atom. The molecule has 0 saturated carbocycles. The predicted octanol–water partition coefficient (Wildman–Crippen LogP) is 10.5. The summed E-state index contributed by atoms with van der Waals surface area (Å²) in [6, 6.07) is 47.3. The molecular weight excluding hydrogens is 546 g/mol. The number of aromatic nitrogens is 3. The molecule has 0 aliphatic heterocycles. The van der Waals surface area contributed by atoms with Crippen LogP contribution in [0, 0.1) is 0 Å². The van der Waals surface area contributed by atoms with Crippen LogP contribution in [0.5, 0.6) is 0 Å². The Balaban J connectivity index is 1.42. The first-order valence-corrected chi connectivity index (χ1v) is 15.1. The Morgan fingerprint density at radius 2 is 1.31 bits per heavy atom. The van der Waals surface area contributed by atoms with Gasteiger partial charge in [-0.1, -0.05) is 121 Å². The summed E-state index contributed by atoms with van der Waals surface area (Å²) in [6.45, 7) is 0. The molecule has 2 heterocycles. The Hall–Kier alpha value is -6.24. The van der Waals surface area contributed by atoms with Gasteiger partial charge in [-0.15, -0.1) is 0 Å². The van der Waals surface area contributed by atoms with Gasteiger partial charge < -0.3 is 0 Å². The van der Waals surface area contributed by atoms with E-state index in [1.54, 1.807) is 0 Å². The summed E-state index contributed by atoms with van der Waals surface area (Å²) in [5.74, 6) is 0.624. The van der Waals surface area contributed by atoms with Crippen molar-refractivity contribution in [2.75, 3.05) is 0 Å². The minimum atomic E-state index is 0.624. The van der Waals surface area contributed by atoms with Crippen molar-refractivity contribution in [3.8, 4) is 28.1 Å². The smallest absolute Gasteiger partial charge is 0.170 e. The molecule has 8 aromatic rings. The van der Waals surface area contributed by atoms with E-state index in [9.17, 15) is 0 Å². The summed E-state index contributed by atoms with van der Waals surface area (Å²) in [5.41, 5.74) is 14.4. The molecule has 3 heteroatoms. The fourth-order valence-corrected chi connectivity index (χ4v) is 6.61. The fourth-order valence-electron chi connectivity index (χ4n) is 6.61. The van der Waals surface area contributed by atoms with Crippen LogP contribution < -0.4 is 0 Å². The highest BCUT2D eigenvalue weighted by atomic mass is 15.1. The highest BCUT2D eigenvalue weighted by Crippen LogP contribution is 2.41. The molecule has 0 bridgehead atoms. The summed E-state index contributed by atoms with van der Waals surface area (Å²) in [5, 5.41) is 7.12. The molecule has 0 radical (unpaired) electrons. The number of hydrogen-bond donors (Lipinski definition) is 0. The van der Waals surface area contributed by atoms with Crippen molar-refractivity contribution in [2.24, 2.45) is 0 Å². The molecule has 0 atom stereocenters. The summed E-state index contributed by atoms with van der Waals surface area (Å²) in [7, 11) is 0. The molecule has 0 spiro atoms. The van der Waals surface area contributed by atoms with Crippen LogP contribution in [0.3, 0.4) is 0 Å². The van der Waals surface area contributed by atoms with E-state index in [1.165, 1.54) is 27.1 Å². The normalized spacial score (nSPS) is 12.5. The fraction of sp³-hybridized carbons (Fsp3) is 0. The number of benzene rings is 6. The van der Waals surface area contributed by atoms with Gasteiger partial charge in [-0.25, -0.2) is 9.97 Å². The average Bonchev–Trinajstić information content (AvgIpc) is 3.45. The Morgan fingerprint density at radius 1 is 0.578 bits per heavy atom. The van der Waals surface area contributed by atoms with Crippen LogP contribution >= 0.6 is 0 Å². The van der Waals surface area contributed by atoms with E-state index in [0.29, 0.717) is 5.82 Å². The lowest BCUT2D eigenvalue weighted by atomic mass is 9.92. The van der Waals surface area contributed by atoms with Crippen LogP contribution in [0.4, 0.5) is 0 Å². The van der Waals surface area contributed by atoms with Crippen LogP contribution in [0.25, 0.3) is 77.1 Å². The van der Waals surface area contributed by atoms with Gasteiger partial charge in [-0.05, 0) is 75.2 Å². The standard InChI is InChI=1S/C42H25N3/c1-4-14-28(15-5-1)40-39-37-27-31(36-26-30-18-10-11-21-33(30)34-22-12-13-23-35(34)36)24-25-38(37)45(32-19-8-3-9-20-32)42(39)44-41(43-40)29-16-6-2-7-17-29/h1-6,8-16,18-27H. The monoisotopic (exact) mass is 571 g/mol. The molecule has 6 aromatic carbocycles. The highest BCUT2D eigenvalue weighted by molar-refractivity contribution is 6.17. The SMILES string of the molecule is C1=C=C(c2nc(-c3ccccc3)c3c4cc(-c5cc6ccccc6c6ccccc56)ccc4n(-c4ccccc4)c3n2)C=CC=1. The van der Waals surface area contributed by atoms with Gasteiger partial charge in [0, 0.05) is 16.6 Å². The Bertz CT molecular complexity index is 2590. The first kappa shape index (κ1) is 25.3. The third-order valence-corrected chi connectivity index (χ3v) is 8.64. The van der Waals surface area contributed by atoms with E-state index in [-0.39, 0.29) is 0 Å². The molecule has 1 aliphatic rings. The number of rotatable bonds is 4. The van der Waals surface area contributed by atoms with Gasteiger partial charge in [0.15, 0.2) is 5.82 Å². The second-order valence-electron chi connectivity index (χ2n) is 11.3. The number of fused-ring (bicyclic) bond motifs is 6. The van der Waals surface area contributed by atoms with E-state index < -0.39 is 0 Å². The second kappa shape index (κ2) is 10.2. The molecule has 0 amide bonds. The topological polar surface area (TPSA) is 30.7 Å². The molecule has 9 rings (SSSR count). The number of para-hydroxylation sites is 1. The molecule has 45 heavy (non-hydrogen) atoms. The van der Waals surface area contributed by atoms with Gasteiger partial charge in [-0.2, -0.15) is 0 Å². The van der Waals surface area contributed by atoms with Crippen molar-refractivity contribution in [2.45, 2.75) is 0 Å². The van der Waals surface area contributed by atoms with E-state index >= 15 is 0 Å². The van der Waals surface area contributed by atoms with Gasteiger partial charge in [0.2, 0.25) is 0 Å². The summed E-state index contributed by atoms with van der Waals surface area (Å²) in [6.07, 6.45) is 5.79. The van der Waals surface area contributed by atoms with Crippen LogP contribution in [0.2, 0.25) is 0 Å². The molecule has 0 unspecified atom stereocenters. The first-order chi connectivity index (χ1) is 22.3. The van der Waals surface area contributed by atoms with Crippen molar-refractivity contribution in [1.29, 1.82) is 0 Å². The zero-order valence-corrected chi connectivity index (χ0v) is 24.3. The molecule has 0 saturated heterocycles. The minimum absolute atomic E-state index is 0.624. The van der Waals surface area contributed by atoms with E-state index in [4.69, 9.17) is 9.97 Å². The van der Waals surface area contributed by atoms with Gasteiger partial charge in [0.05, 0.1) is 22.2 Å². The van der Waals surface area contributed by atoms with Gasteiger partial charge >= 0.3 is 0 Å². The molecule has 0 fully saturated rings. The maximum Gasteiger partial charge on any atom is 0.170 e. The lowest BCUT2D eigenvalue weighted by Crippen LogP contribution is -2.01. The van der Waals surface area contributed by atoms with Gasteiger partial charge in [-0.3, -0.25) is 4.57 Å². The zero-order valence-electron chi connectivity index (χ0n) is 24.3. The third kappa shape index (κ3) is 4.08. The molecule has 0 N–H and O–H groups in total. The summed E-state index contributed by atoms with van der Waals surface area (Å²) < 4.78 is 2.26. The third-order valence-electron chi connectivity index (χ3n) is 8.64. The lowest BCUT2D eigenvalue weighted by molar-refractivity contribution is 1.09. The maximum absolute atomic E-state index is 5.24. The average molecular weight is 572 g/mol. The summed E-state index contributed by atoms with van der Waals surface area (Å²) >= 11 is 0. The molecule has 1 aliphatic carbocycles. The maximum atomic E-state index is 5.24. The quantitative estimate of drug-likeness (QED) is 0.155. The molecular formula is C42H25N3. The van der Waals surface area contributed by atoms with Crippen molar-refractivity contribution in [3.63, 3.8) is 0 Å². The highest BCUT2D eigenvalue weighted by Gasteiger charge is 2.22. The molecule has 3 nitrogen and oxygen atoms in total. The van der Waals surface area contributed by atoms with Crippen LogP contribution in [0.15, 0.2) is 163 Å². The summed E-state index contributed by atoms with van der Waals surface area (Å²) in [4.78, 5) is 10.5. The largest absolute Gasteiger partial charge is 0.294 e. The van der Waals surface area contributed by atoms with E-state index in [2.05, 4.69) is 137 Å². The second-order valence-corrected chi connectivity index (χ2v) is 11.3.